The van der Waals surface area contributed by atoms with Crippen molar-refractivity contribution in [2.24, 2.45) is 11.8 Å². The van der Waals surface area contributed by atoms with Gasteiger partial charge < -0.3 is 20.4 Å². The molecule has 3 heterocycles. The molecule has 8 heteroatoms. The third-order valence-corrected chi connectivity index (χ3v) is 5.28. The zero-order chi connectivity index (χ0) is 16.0. The summed E-state index contributed by atoms with van der Waals surface area (Å²) in [5, 5.41) is 6.31. The third-order valence-electron chi connectivity index (χ3n) is 5.28. The SMILES string of the molecule is CN1CCC(=O)Nc2cc(C(=O)N3C[C@H]4CNC[C@H]4C3)ccc21.Cl.Cl. The van der Waals surface area contributed by atoms with Gasteiger partial charge in [-0.25, -0.2) is 0 Å². The Morgan fingerprint density at radius 2 is 1.84 bits per heavy atom. The summed E-state index contributed by atoms with van der Waals surface area (Å²) in [5.41, 5.74) is 2.36. The number of likely N-dealkylation sites (tertiary alicyclic amines) is 1. The summed E-state index contributed by atoms with van der Waals surface area (Å²) >= 11 is 0. The molecular weight excluding hydrogens is 363 g/mol. The number of nitrogens with zero attached hydrogens (tertiary/aromatic N) is 2. The summed E-state index contributed by atoms with van der Waals surface area (Å²) in [7, 11) is 1.97. The number of rotatable bonds is 1. The molecule has 25 heavy (non-hydrogen) atoms. The first kappa shape index (κ1) is 19.8. The van der Waals surface area contributed by atoms with Crippen LogP contribution in [0.4, 0.5) is 11.4 Å². The van der Waals surface area contributed by atoms with Crippen molar-refractivity contribution in [1.82, 2.24) is 10.2 Å². The minimum Gasteiger partial charge on any atom is -0.372 e. The Morgan fingerprint density at radius 3 is 2.52 bits per heavy atom. The van der Waals surface area contributed by atoms with Crippen LogP contribution in [0.1, 0.15) is 16.8 Å². The standard InChI is InChI=1S/C17H22N4O2.2ClH/c1-20-5-4-16(22)19-14-6-11(2-3-15(14)20)17(23)21-9-12-7-18-8-13(12)10-21;;/h2-3,6,12-13,18H,4-5,7-10H2,1H3,(H,19,22);2*1H/t12-,13+;;. The Kier molecular flexibility index (Phi) is 6.19. The highest BCUT2D eigenvalue weighted by Crippen LogP contribution is 2.31. The Balaban J connectivity index is 0.00000113. The zero-order valence-corrected chi connectivity index (χ0v) is 15.8. The topological polar surface area (TPSA) is 64.7 Å². The molecule has 0 spiro atoms. The maximum absolute atomic E-state index is 12.8. The van der Waals surface area contributed by atoms with E-state index in [-0.39, 0.29) is 36.6 Å². The molecule has 1 aromatic carbocycles. The van der Waals surface area contributed by atoms with Gasteiger partial charge in [0.15, 0.2) is 0 Å². The molecule has 3 aliphatic rings. The van der Waals surface area contributed by atoms with Crippen LogP contribution in [0.3, 0.4) is 0 Å². The molecule has 0 bridgehead atoms. The summed E-state index contributed by atoms with van der Waals surface area (Å²) in [6.07, 6.45) is 0.469. The highest BCUT2D eigenvalue weighted by molar-refractivity contribution is 6.01. The Hall–Kier alpha value is -1.50. The van der Waals surface area contributed by atoms with Crippen LogP contribution in [0.2, 0.25) is 0 Å². The normalized spacial score (nSPS) is 24.4. The molecule has 0 radical (unpaired) electrons. The van der Waals surface area contributed by atoms with Crippen molar-refractivity contribution < 1.29 is 9.59 Å². The molecule has 138 valence electrons. The molecule has 0 aromatic heterocycles. The van der Waals surface area contributed by atoms with Crippen LogP contribution in [0, 0.1) is 11.8 Å². The maximum Gasteiger partial charge on any atom is 0.253 e. The lowest BCUT2D eigenvalue weighted by molar-refractivity contribution is -0.115. The van der Waals surface area contributed by atoms with Gasteiger partial charge in [0.1, 0.15) is 0 Å². The lowest BCUT2D eigenvalue weighted by atomic mass is 10.0. The molecule has 2 atom stereocenters. The number of hydrogen-bond donors (Lipinski definition) is 2. The van der Waals surface area contributed by atoms with Crippen LogP contribution < -0.4 is 15.5 Å². The van der Waals surface area contributed by atoms with E-state index in [0.29, 0.717) is 30.4 Å². The van der Waals surface area contributed by atoms with Crippen molar-refractivity contribution in [2.45, 2.75) is 6.42 Å². The van der Waals surface area contributed by atoms with Gasteiger partial charge in [-0.05, 0) is 30.0 Å². The second-order valence-corrected chi connectivity index (χ2v) is 6.84. The van der Waals surface area contributed by atoms with E-state index in [1.807, 2.05) is 35.0 Å². The highest BCUT2D eigenvalue weighted by Gasteiger charge is 2.38. The first-order chi connectivity index (χ1) is 11.1. The number of benzene rings is 1. The van der Waals surface area contributed by atoms with Crippen LogP contribution >= 0.6 is 24.8 Å². The van der Waals surface area contributed by atoms with Crippen LogP contribution in [0.5, 0.6) is 0 Å². The lowest BCUT2D eigenvalue weighted by Gasteiger charge is -2.21. The largest absolute Gasteiger partial charge is 0.372 e. The van der Waals surface area contributed by atoms with Crippen LogP contribution in [-0.4, -0.2) is 56.5 Å². The zero-order valence-electron chi connectivity index (χ0n) is 14.2. The number of carbonyl (C=O) groups excluding carboxylic acids is 2. The van der Waals surface area contributed by atoms with Gasteiger partial charge in [0.05, 0.1) is 11.4 Å². The first-order valence-electron chi connectivity index (χ1n) is 8.27. The number of hydrogen-bond acceptors (Lipinski definition) is 4. The smallest absolute Gasteiger partial charge is 0.253 e. The van der Waals surface area contributed by atoms with Gasteiger partial charge in [-0.1, -0.05) is 0 Å². The van der Waals surface area contributed by atoms with Crippen molar-refractivity contribution in [3.05, 3.63) is 23.8 Å². The van der Waals surface area contributed by atoms with Crippen molar-refractivity contribution >= 4 is 48.0 Å². The molecule has 4 rings (SSSR count). The molecule has 0 aliphatic carbocycles. The molecule has 0 unspecified atom stereocenters. The van der Waals surface area contributed by atoms with E-state index < -0.39 is 0 Å². The Morgan fingerprint density at radius 1 is 1.16 bits per heavy atom. The van der Waals surface area contributed by atoms with Gasteiger partial charge in [0.25, 0.3) is 5.91 Å². The van der Waals surface area contributed by atoms with E-state index in [1.54, 1.807) is 0 Å². The van der Waals surface area contributed by atoms with E-state index in [1.165, 1.54) is 0 Å². The van der Waals surface area contributed by atoms with E-state index >= 15 is 0 Å². The van der Waals surface area contributed by atoms with Crippen molar-refractivity contribution in [3.63, 3.8) is 0 Å². The number of carbonyl (C=O) groups is 2. The molecule has 3 aliphatic heterocycles. The van der Waals surface area contributed by atoms with E-state index in [9.17, 15) is 9.59 Å². The predicted octanol–water partition coefficient (Wildman–Crippen LogP) is 1.60. The summed E-state index contributed by atoms with van der Waals surface area (Å²) in [5.74, 6) is 1.25. The minimum atomic E-state index is 0. The monoisotopic (exact) mass is 386 g/mol. The van der Waals surface area contributed by atoms with Gasteiger partial charge in [-0.15, -0.1) is 24.8 Å². The molecule has 2 saturated heterocycles. The summed E-state index contributed by atoms with van der Waals surface area (Å²) < 4.78 is 0. The molecule has 0 saturated carbocycles. The number of fused-ring (bicyclic) bond motifs is 2. The van der Waals surface area contributed by atoms with Gasteiger partial charge in [-0.3, -0.25) is 9.59 Å². The Labute approximate surface area is 160 Å². The van der Waals surface area contributed by atoms with Crippen LogP contribution in [-0.2, 0) is 4.79 Å². The highest BCUT2D eigenvalue weighted by atomic mass is 35.5. The molecular formula is C17H24Cl2N4O2. The van der Waals surface area contributed by atoms with Gasteiger partial charge >= 0.3 is 0 Å². The minimum absolute atomic E-state index is 0. The maximum atomic E-state index is 12.8. The molecule has 6 nitrogen and oxygen atoms in total. The lowest BCUT2D eigenvalue weighted by Crippen LogP contribution is -2.32. The number of halogens is 2. The second kappa shape index (κ2) is 7.81. The van der Waals surface area contributed by atoms with Crippen molar-refractivity contribution in [2.75, 3.05) is 50.0 Å². The predicted molar refractivity (Wildman–Crippen MR) is 103 cm³/mol. The van der Waals surface area contributed by atoms with Gasteiger partial charge in [0.2, 0.25) is 5.91 Å². The van der Waals surface area contributed by atoms with Gasteiger partial charge in [-0.2, -0.15) is 0 Å². The average molecular weight is 387 g/mol. The fourth-order valence-electron chi connectivity index (χ4n) is 3.91. The molecule has 2 N–H and O–H groups in total. The summed E-state index contributed by atoms with van der Waals surface area (Å²) in [6, 6.07) is 5.64. The Bertz CT molecular complexity index is 658. The molecule has 2 fully saturated rings. The van der Waals surface area contributed by atoms with Crippen molar-refractivity contribution in [1.29, 1.82) is 0 Å². The number of nitrogens with one attached hydrogen (secondary N) is 2. The fourth-order valence-corrected chi connectivity index (χ4v) is 3.91. The average Bonchev–Trinajstić information content (AvgIpc) is 3.09. The summed E-state index contributed by atoms with van der Waals surface area (Å²) in [4.78, 5) is 28.6. The van der Waals surface area contributed by atoms with E-state index in [4.69, 9.17) is 0 Å². The molecule has 2 amide bonds. The molecule has 1 aromatic rings. The van der Waals surface area contributed by atoms with Crippen LogP contribution in [0.15, 0.2) is 18.2 Å². The van der Waals surface area contributed by atoms with Crippen LogP contribution in [0.25, 0.3) is 0 Å². The van der Waals surface area contributed by atoms with E-state index in [2.05, 4.69) is 10.6 Å². The number of anilines is 2. The quantitative estimate of drug-likeness (QED) is 0.769. The number of amides is 2. The van der Waals surface area contributed by atoms with E-state index in [0.717, 1.165) is 37.6 Å². The first-order valence-corrected chi connectivity index (χ1v) is 8.27. The van der Waals surface area contributed by atoms with Gasteiger partial charge in [0, 0.05) is 51.8 Å². The second-order valence-electron chi connectivity index (χ2n) is 6.84. The van der Waals surface area contributed by atoms with Crippen molar-refractivity contribution in [3.8, 4) is 0 Å². The fraction of sp³-hybridized carbons (Fsp3) is 0.529. The third kappa shape index (κ3) is 3.71. The summed E-state index contributed by atoms with van der Waals surface area (Å²) in [6.45, 7) is 4.38.